The minimum atomic E-state index is -3.68. The third-order valence-corrected chi connectivity index (χ3v) is 3.45. The fourth-order valence-electron chi connectivity index (χ4n) is 1.19. The second-order valence-electron chi connectivity index (χ2n) is 3.21. The second-order valence-corrected chi connectivity index (χ2v) is 5.07. The van der Waals surface area contributed by atoms with Gasteiger partial charge in [0.25, 0.3) is 0 Å². The van der Waals surface area contributed by atoms with Crippen LogP contribution in [0, 0.1) is 0 Å². The summed E-state index contributed by atoms with van der Waals surface area (Å²) >= 11 is 0. The van der Waals surface area contributed by atoms with Crippen LogP contribution in [-0.2, 0) is 14.8 Å². The fourth-order valence-corrected chi connectivity index (χ4v) is 2.13. The molecule has 0 unspecified atom stereocenters. The molecule has 5 N–H and O–H groups in total. The van der Waals surface area contributed by atoms with Crippen LogP contribution in [0.2, 0.25) is 0 Å². The molecule has 8 heteroatoms. The van der Waals surface area contributed by atoms with Gasteiger partial charge in [-0.1, -0.05) is 0 Å². The van der Waals surface area contributed by atoms with Crippen molar-refractivity contribution in [1.82, 2.24) is 4.72 Å². The molecule has 17 heavy (non-hydrogen) atoms. The van der Waals surface area contributed by atoms with Crippen LogP contribution in [0.5, 0.6) is 0 Å². The average Bonchev–Trinajstić information content (AvgIpc) is 2.27. The van der Waals surface area contributed by atoms with Crippen LogP contribution in [0.3, 0.4) is 0 Å². The van der Waals surface area contributed by atoms with Gasteiger partial charge in [0.2, 0.25) is 10.0 Å². The molecule has 94 valence electrons. The molecule has 0 amide bonds. The largest absolute Gasteiger partial charge is 0.480 e. The first-order valence-electron chi connectivity index (χ1n) is 4.65. The summed E-state index contributed by atoms with van der Waals surface area (Å²) in [6.45, 7) is -0.379. The van der Waals surface area contributed by atoms with Gasteiger partial charge in [0.15, 0.2) is 0 Å². The summed E-state index contributed by atoms with van der Waals surface area (Å²) in [5.74, 6) is -1.09. The number of nitrogen functional groups attached to an aromatic ring is 1. The molecule has 0 atom stereocenters. The van der Waals surface area contributed by atoms with Crippen LogP contribution in [0.25, 0.3) is 0 Å². The third-order valence-electron chi connectivity index (χ3n) is 1.99. The van der Waals surface area contributed by atoms with E-state index in [4.69, 9.17) is 10.8 Å². The first kappa shape index (κ1) is 13.3. The zero-order valence-corrected chi connectivity index (χ0v) is 9.91. The van der Waals surface area contributed by atoms with Gasteiger partial charge in [-0.2, -0.15) is 0 Å². The van der Waals surface area contributed by atoms with E-state index in [0.29, 0.717) is 0 Å². The highest BCUT2D eigenvalue weighted by molar-refractivity contribution is 7.89. The van der Waals surface area contributed by atoms with Crippen LogP contribution in [-0.4, -0.2) is 33.1 Å². The van der Waals surface area contributed by atoms with Crippen molar-refractivity contribution in [3.8, 4) is 0 Å². The number of carboxylic acid groups (broad SMARTS) is 1. The van der Waals surface area contributed by atoms with Crippen LogP contribution in [0.1, 0.15) is 0 Å². The first-order chi connectivity index (χ1) is 7.86. The molecule has 7 nitrogen and oxygen atoms in total. The molecule has 0 aliphatic rings. The highest BCUT2D eigenvalue weighted by Gasteiger charge is 2.17. The molecule has 0 radical (unpaired) electrons. The summed E-state index contributed by atoms with van der Waals surface area (Å²) < 4.78 is 25.5. The van der Waals surface area contributed by atoms with E-state index in [1.807, 2.05) is 0 Å². The topological polar surface area (TPSA) is 122 Å². The molecule has 0 saturated heterocycles. The number of carbonyl (C=O) groups is 1. The molecule has 0 heterocycles. The van der Waals surface area contributed by atoms with E-state index < -0.39 is 16.0 Å². The molecule has 1 aromatic carbocycles. The maximum atomic E-state index is 11.7. The standard InChI is InChI=1S/C9H13N3O4S/c1-11-17(15,16)8-4-6(10)2-3-7(8)12-5-9(13)14/h2-4,11-12H,5,10H2,1H3,(H,13,14). The molecular weight excluding hydrogens is 246 g/mol. The lowest BCUT2D eigenvalue weighted by atomic mass is 10.3. The van der Waals surface area contributed by atoms with E-state index in [9.17, 15) is 13.2 Å². The van der Waals surface area contributed by atoms with E-state index in [1.54, 1.807) is 0 Å². The maximum Gasteiger partial charge on any atom is 0.322 e. The minimum absolute atomic E-state index is 0.0822. The Morgan fingerprint density at radius 1 is 1.47 bits per heavy atom. The van der Waals surface area contributed by atoms with Crippen molar-refractivity contribution in [2.45, 2.75) is 4.90 Å². The monoisotopic (exact) mass is 259 g/mol. The zero-order chi connectivity index (χ0) is 13.1. The van der Waals surface area contributed by atoms with Crippen molar-refractivity contribution in [2.24, 2.45) is 0 Å². The molecule has 0 aromatic heterocycles. The van der Waals surface area contributed by atoms with E-state index in [-0.39, 0.29) is 22.8 Å². The lowest BCUT2D eigenvalue weighted by molar-refractivity contribution is -0.134. The number of nitrogens with one attached hydrogen (secondary N) is 2. The molecular formula is C9H13N3O4S. The quantitative estimate of drug-likeness (QED) is 0.537. The van der Waals surface area contributed by atoms with Crippen LogP contribution in [0.15, 0.2) is 23.1 Å². The summed E-state index contributed by atoms with van der Waals surface area (Å²) in [6.07, 6.45) is 0. The van der Waals surface area contributed by atoms with Gasteiger partial charge in [0, 0.05) is 5.69 Å². The Kier molecular flexibility index (Phi) is 3.92. The van der Waals surface area contributed by atoms with Gasteiger partial charge in [-0.15, -0.1) is 0 Å². The number of hydrogen-bond donors (Lipinski definition) is 4. The Balaban J connectivity index is 3.17. The number of anilines is 2. The second kappa shape index (κ2) is 5.02. The smallest absolute Gasteiger partial charge is 0.322 e. The molecule has 1 rings (SSSR count). The Morgan fingerprint density at radius 3 is 2.65 bits per heavy atom. The number of sulfonamides is 1. The van der Waals surface area contributed by atoms with E-state index in [1.165, 1.54) is 25.2 Å². The predicted molar refractivity (Wildman–Crippen MR) is 63.2 cm³/mol. The normalized spacial score (nSPS) is 11.1. The summed E-state index contributed by atoms with van der Waals surface area (Å²) in [4.78, 5) is 10.3. The number of hydrogen-bond acceptors (Lipinski definition) is 5. The SMILES string of the molecule is CNS(=O)(=O)c1cc(N)ccc1NCC(=O)O. The molecule has 0 bridgehead atoms. The first-order valence-corrected chi connectivity index (χ1v) is 6.14. The predicted octanol–water partition coefficient (Wildman–Crippen LogP) is -0.327. The lowest BCUT2D eigenvalue weighted by Gasteiger charge is -2.11. The van der Waals surface area contributed by atoms with Crippen molar-refractivity contribution in [3.63, 3.8) is 0 Å². The lowest BCUT2D eigenvalue weighted by Crippen LogP contribution is -2.21. The van der Waals surface area contributed by atoms with E-state index >= 15 is 0 Å². The number of rotatable bonds is 5. The van der Waals surface area contributed by atoms with E-state index in [2.05, 4.69) is 10.0 Å². The fraction of sp³-hybridized carbons (Fsp3) is 0.222. The van der Waals surface area contributed by atoms with Crippen molar-refractivity contribution >= 4 is 27.4 Å². The molecule has 0 spiro atoms. The van der Waals surface area contributed by atoms with Gasteiger partial charge >= 0.3 is 5.97 Å². The van der Waals surface area contributed by atoms with Crippen molar-refractivity contribution in [2.75, 3.05) is 24.6 Å². The summed E-state index contributed by atoms with van der Waals surface area (Å²) in [5, 5.41) is 11.0. The molecule has 0 saturated carbocycles. The van der Waals surface area contributed by atoms with Crippen molar-refractivity contribution in [3.05, 3.63) is 18.2 Å². The van der Waals surface area contributed by atoms with Crippen LogP contribution < -0.4 is 15.8 Å². The zero-order valence-electron chi connectivity index (χ0n) is 9.10. The summed E-state index contributed by atoms with van der Waals surface area (Å²) in [5.41, 5.74) is 5.97. The highest BCUT2D eigenvalue weighted by Crippen LogP contribution is 2.23. The van der Waals surface area contributed by atoms with Gasteiger partial charge < -0.3 is 16.2 Å². The average molecular weight is 259 g/mol. The van der Waals surface area contributed by atoms with Gasteiger partial charge in [-0.25, -0.2) is 13.1 Å². The summed E-state index contributed by atoms with van der Waals surface area (Å²) in [6, 6.07) is 4.16. The molecule has 0 aliphatic carbocycles. The Bertz CT molecular complexity index is 527. The number of nitrogens with two attached hydrogens (primary N) is 1. The van der Waals surface area contributed by atoms with Crippen molar-refractivity contribution < 1.29 is 18.3 Å². The van der Waals surface area contributed by atoms with Gasteiger partial charge in [-0.05, 0) is 25.2 Å². The number of benzene rings is 1. The van der Waals surface area contributed by atoms with E-state index in [0.717, 1.165) is 0 Å². The highest BCUT2D eigenvalue weighted by atomic mass is 32.2. The molecule has 0 aliphatic heterocycles. The Labute approximate surface area is 98.7 Å². The Hall–Kier alpha value is -1.80. The number of carboxylic acids is 1. The van der Waals surface area contributed by atoms with Gasteiger partial charge in [0.05, 0.1) is 5.69 Å². The van der Waals surface area contributed by atoms with Crippen molar-refractivity contribution in [1.29, 1.82) is 0 Å². The molecule has 1 aromatic rings. The van der Waals surface area contributed by atoms with Crippen LogP contribution in [0.4, 0.5) is 11.4 Å². The summed E-state index contributed by atoms with van der Waals surface area (Å²) in [7, 11) is -2.42. The molecule has 0 fully saturated rings. The van der Waals surface area contributed by atoms with Crippen LogP contribution >= 0.6 is 0 Å². The van der Waals surface area contributed by atoms with Gasteiger partial charge in [0.1, 0.15) is 11.4 Å². The Morgan fingerprint density at radius 2 is 2.12 bits per heavy atom. The maximum absolute atomic E-state index is 11.7. The number of aliphatic carboxylic acids is 1. The minimum Gasteiger partial charge on any atom is -0.480 e. The third kappa shape index (κ3) is 3.33. The van der Waals surface area contributed by atoms with Gasteiger partial charge in [-0.3, -0.25) is 4.79 Å².